The van der Waals surface area contributed by atoms with Crippen LogP contribution in [0.2, 0.25) is 0 Å². The number of hydrogen-bond donors (Lipinski definition) is 1. The van der Waals surface area contributed by atoms with Gasteiger partial charge >= 0.3 is 0 Å². The van der Waals surface area contributed by atoms with Gasteiger partial charge < -0.3 is 10.5 Å². The summed E-state index contributed by atoms with van der Waals surface area (Å²) < 4.78 is 32.0. The van der Waals surface area contributed by atoms with Crippen LogP contribution in [0.3, 0.4) is 0 Å². The monoisotopic (exact) mass is 318 g/mol. The van der Waals surface area contributed by atoms with Crippen molar-refractivity contribution >= 4 is 21.4 Å². The van der Waals surface area contributed by atoms with Gasteiger partial charge in [0.15, 0.2) is 0 Å². The molecule has 1 fully saturated rings. The van der Waals surface area contributed by atoms with Crippen LogP contribution in [0.1, 0.15) is 22.6 Å². The summed E-state index contributed by atoms with van der Waals surface area (Å²) in [5.41, 5.74) is 5.59. The molecule has 1 aromatic rings. The summed E-state index contributed by atoms with van der Waals surface area (Å²) in [6, 6.07) is 1.70. The van der Waals surface area contributed by atoms with Gasteiger partial charge in [-0.15, -0.1) is 11.3 Å². The van der Waals surface area contributed by atoms with E-state index in [2.05, 4.69) is 0 Å². The molecule has 1 aliphatic heterocycles. The summed E-state index contributed by atoms with van der Waals surface area (Å²) in [5, 5.41) is 0. The first kappa shape index (κ1) is 15.9. The molecule has 0 unspecified atom stereocenters. The molecule has 5 nitrogen and oxygen atoms in total. The molecule has 1 saturated heterocycles. The zero-order chi connectivity index (χ0) is 14.8. The minimum atomic E-state index is -3.41. The quantitative estimate of drug-likeness (QED) is 0.894. The Bertz CT molecular complexity index is 548. The summed E-state index contributed by atoms with van der Waals surface area (Å²) in [6.45, 7) is 4.23. The van der Waals surface area contributed by atoms with E-state index < -0.39 is 10.0 Å². The largest absolute Gasteiger partial charge is 0.381 e. The van der Waals surface area contributed by atoms with E-state index in [4.69, 9.17) is 10.5 Å². The zero-order valence-corrected chi connectivity index (χ0v) is 13.6. The van der Waals surface area contributed by atoms with Gasteiger partial charge in [-0.25, -0.2) is 12.7 Å². The first-order valence-electron chi connectivity index (χ1n) is 6.78. The van der Waals surface area contributed by atoms with Crippen molar-refractivity contribution in [2.75, 3.05) is 26.8 Å². The van der Waals surface area contributed by atoms with Crippen molar-refractivity contribution in [1.82, 2.24) is 4.31 Å². The van der Waals surface area contributed by atoms with Crippen LogP contribution in [0.25, 0.3) is 0 Å². The lowest BCUT2D eigenvalue weighted by atomic mass is 10.0. The number of nitrogens with two attached hydrogens (primary N) is 1. The van der Waals surface area contributed by atoms with Crippen LogP contribution in [-0.2, 0) is 21.3 Å². The van der Waals surface area contributed by atoms with Crippen molar-refractivity contribution in [2.45, 2.75) is 31.2 Å². The van der Waals surface area contributed by atoms with Gasteiger partial charge in [0.05, 0.1) is 4.90 Å². The highest BCUT2D eigenvalue weighted by molar-refractivity contribution is 7.89. The van der Waals surface area contributed by atoms with E-state index >= 15 is 0 Å². The van der Waals surface area contributed by atoms with Crippen molar-refractivity contribution < 1.29 is 13.2 Å². The Morgan fingerprint density at radius 3 is 2.65 bits per heavy atom. The SMILES string of the molecule is Cc1sc(CN)cc1S(=O)(=O)N(C)CC1CCOCC1. The highest BCUT2D eigenvalue weighted by Gasteiger charge is 2.27. The van der Waals surface area contributed by atoms with Gasteiger partial charge in [-0.2, -0.15) is 0 Å². The summed E-state index contributed by atoms with van der Waals surface area (Å²) >= 11 is 1.45. The molecule has 1 aromatic heterocycles. The Hall–Kier alpha value is -0.470. The lowest BCUT2D eigenvalue weighted by molar-refractivity contribution is 0.0620. The minimum absolute atomic E-state index is 0.380. The van der Waals surface area contributed by atoms with Crippen LogP contribution in [0.4, 0.5) is 0 Å². The predicted molar refractivity (Wildman–Crippen MR) is 80.3 cm³/mol. The molecule has 0 amide bonds. The van der Waals surface area contributed by atoms with E-state index in [0.717, 1.165) is 35.8 Å². The van der Waals surface area contributed by atoms with Crippen LogP contribution >= 0.6 is 11.3 Å². The number of ether oxygens (including phenoxy) is 1. The molecule has 0 bridgehead atoms. The molecule has 2 rings (SSSR count). The van der Waals surface area contributed by atoms with Crippen LogP contribution in [-0.4, -0.2) is 39.5 Å². The summed E-state index contributed by atoms with van der Waals surface area (Å²) in [5.74, 6) is 0.386. The van der Waals surface area contributed by atoms with Gasteiger partial charge in [-0.3, -0.25) is 0 Å². The molecular formula is C13H22N2O3S2. The molecule has 2 heterocycles. The second-order valence-corrected chi connectivity index (χ2v) is 8.53. The Balaban J connectivity index is 2.13. The van der Waals surface area contributed by atoms with Gasteiger partial charge in [0.2, 0.25) is 10.0 Å². The Labute approximate surface area is 124 Å². The van der Waals surface area contributed by atoms with E-state index in [-0.39, 0.29) is 0 Å². The molecule has 7 heteroatoms. The van der Waals surface area contributed by atoms with Crippen molar-refractivity contribution in [1.29, 1.82) is 0 Å². The Morgan fingerprint density at radius 2 is 2.10 bits per heavy atom. The molecule has 0 spiro atoms. The van der Waals surface area contributed by atoms with E-state index in [1.807, 2.05) is 6.92 Å². The number of nitrogens with zero attached hydrogens (tertiary/aromatic N) is 1. The van der Waals surface area contributed by atoms with E-state index in [9.17, 15) is 8.42 Å². The van der Waals surface area contributed by atoms with Crippen LogP contribution in [0.5, 0.6) is 0 Å². The maximum Gasteiger partial charge on any atom is 0.243 e. The van der Waals surface area contributed by atoms with Crippen LogP contribution in [0, 0.1) is 12.8 Å². The molecule has 0 aliphatic carbocycles. The fourth-order valence-corrected chi connectivity index (χ4v) is 5.17. The average molecular weight is 318 g/mol. The van der Waals surface area contributed by atoms with Crippen molar-refractivity contribution in [3.05, 3.63) is 15.8 Å². The highest BCUT2D eigenvalue weighted by Crippen LogP contribution is 2.28. The van der Waals surface area contributed by atoms with Crippen molar-refractivity contribution in [2.24, 2.45) is 11.7 Å². The molecule has 2 N–H and O–H groups in total. The molecule has 20 heavy (non-hydrogen) atoms. The normalized spacial score (nSPS) is 17.8. The molecule has 0 aromatic carbocycles. The summed E-state index contributed by atoms with van der Waals surface area (Å²) in [7, 11) is -1.75. The Kier molecular flexibility index (Phi) is 5.19. The molecule has 1 aliphatic rings. The maximum atomic E-state index is 12.6. The fourth-order valence-electron chi connectivity index (χ4n) is 2.44. The second kappa shape index (κ2) is 6.53. The average Bonchev–Trinajstić information content (AvgIpc) is 2.82. The predicted octanol–water partition coefficient (Wildman–Crippen LogP) is 1.56. The molecule has 0 radical (unpaired) electrons. The molecule has 0 atom stereocenters. The zero-order valence-electron chi connectivity index (χ0n) is 12.0. The van der Waals surface area contributed by atoms with E-state index in [1.54, 1.807) is 13.1 Å². The topological polar surface area (TPSA) is 72.6 Å². The van der Waals surface area contributed by atoms with E-state index in [1.165, 1.54) is 15.6 Å². The lowest BCUT2D eigenvalue weighted by Gasteiger charge is -2.26. The number of aryl methyl sites for hydroxylation is 1. The first-order chi connectivity index (χ1) is 9.45. The lowest BCUT2D eigenvalue weighted by Crippen LogP contribution is -2.34. The first-order valence-corrected chi connectivity index (χ1v) is 9.04. The summed E-state index contributed by atoms with van der Waals surface area (Å²) in [6.07, 6.45) is 1.85. The smallest absolute Gasteiger partial charge is 0.243 e. The fraction of sp³-hybridized carbons (Fsp3) is 0.692. The standard InChI is InChI=1S/C13H22N2O3S2/c1-10-13(7-12(8-14)19-10)20(16,17)15(2)9-11-3-5-18-6-4-11/h7,11H,3-6,8-9,14H2,1-2H3. The third kappa shape index (κ3) is 3.40. The van der Waals surface area contributed by atoms with Gasteiger partial charge in [0, 0.05) is 43.1 Å². The van der Waals surface area contributed by atoms with E-state index in [0.29, 0.717) is 23.9 Å². The Morgan fingerprint density at radius 1 is 1.45 bits per heavy atom. The van der Waals surface area contributed by atoms with Gasteiger partial charge in [-0.05, 0) is 31.7 Å². The van der Waals surface area contributed by atoms with Crippen LogP contribution in [0.15, 0.2) is 11.0 Å². The molecule has 114 valence electrons. The van der Waals surface area contributed by atoms with Crippen molar-refractivity contribution in [3.63, 3.8) is 0 Å². The second-order valence-electron chi connectivity index (χ2n) is 5.18. The van der Waals surface area contributed by atoms with Crippen LogP contribution < -0.4 is 5.73 Å². The minimum Gasteiger partial charge on any atom is -0.381 e. The van der Waals surface area contributed by atoms with Gasteiger partial charge in [-0.1, -0.05) is 0 Å². The number of hydrogen-bond acceptors (Lipinski definition) is 5. The number of rotatable bonds is 5. The molecular weight excluding hydrogens is 296 g/mol. The third-order valence-electron chi connectivity index (χ3n) is 3.67. The number of sulfonamides is 1. The molecule has 0 saturated carbocycles. The van der Waals surface area contributed by atoms with Gasteiger partial charge in [0.25, 0.3) is 0 Å². The third-order valence-corrected chi connectivity index (χ3v) is 6.82. The highest BCUT2D eigenvalue weighted by atomic mass is 32.2. The van der Waals surface area contributed by atoms with Gasteiger partial charge in [0.1, 0.15) is 0 Å². The van der Waals surface area contributed by atoms with Crippen molar-refractivity contribution in [3.8, 4) is 0 Å². The number of thiophene rings is 1. The maximum absolute atomic E-state index is 12.6. The summed E-state index contributed by atoms with van der Waals surface area (Å²) in [4.78, 5) is 2.11.